The summed E-state index contributed by atoms with van der Waals surface area (Å²) in [5.74, 6) is 2.31. The van der Waals surface area contributed by atoms with Gasteiger partial charge in [-0.3, -0.25) is 4.79 Å². The summed E-state index contributed by atoms with van der Waals surface area (Å²) in [6.07, 6.45) is 2.37. The van der Waals surface area contributed by atoms with E-state index in [1.165, 1.54) is 6.26 Å². The first-order valence-corrected chi connectivity index (χ1v) is 11.9. The minimum atomic E-state index is -0.0732. The number of rotatable bonds is 7. The molecule has 6 nitrogen and oxygen atoms in total. The van der Waals surface area contributed by atoms with E-state index in [1.807, 2.05) is 30.3 Å². The predicted octanol–water partition coefficient (Wildman–Crippen LogP) is 4.59. The fourth-order valence-electron chi connectivity index (χ4n) is 3.41. The Morgan fingerprint density at radius 2 is 1.88 bits per heavy atom. The van der Waals surface area contributed by atoms with Crippen LogP contribution < -0.4 is 14.9 Å². The van der Waals surface area contributed by atoms with Gasteiger partial charge in [-0.1, -0.05) is 36.1 Å². The highest BCUT2D eigenvalue weighted by Crippen LogP contribution is 2.25. The highest BCUT2D eigenvalue weighted by molar-refractivity contribution is 8.22. The number of hydrogen-bond acceptors (Lipinski definition) is 7. The molecule has 0 radical (unpaired) electrons. The van der Waals surface area contributed by atoms with E-state index in [1.54, 1.807) is 31.0 Å². The van der Waals surface area contributed by atoms with Gasteiger partial charge >= 0.3 is 0 Å². The Balaban J connectivity index is 1.33. The highest BCUT2D eigenvalue weighted by atomic mass is 32.2. The lowest BCUT2D eigenvalue weighted by Gasteiger charge is -2.28. The molecule has 1 aliphatic rings. The van der Waals surface area contributed by atoms with Gasteiger partial charge in [0.2, 0.25) is 0 Å². The van der Waals surface area contributed by atoms with Crippen molar-refractivity contribution in [2.45, 2.75) is 6.42 Å². The smallest absolute Gasteiger partial charge is 0.200 e. The van der Waals surface area contributed by atoms with Crippen LogP contribution in [-0.2, 0) is 4.74 Å². The van der Waals surface area contributed by atoms with E-state index in [9.17, 15) is 4.79 Å². The van der Waals surface area contributed by atoms with Gasteiger partial charge in [-0.25, -0.2) is 0 Å². The third-order valence-electron chi connectivity index (χ3n) is 5.20. The first kappa shape index (κ1) is 22.6. The zero-order valence-corrected chi connectivity index (χ0v) is 19.5. The largest absolute Gasteiger partial charge is 0.497 e. The molecule has 0 N–H and O–H groups in total. The van der Waals surface area contributed by atoms with Crippen LogP contribution in [0.1, 0.15) is 6.42 Å². The van der Waals surface area contributed by atoms with Crippen molar-refractivity contribution < 1.29 is 18.6 Å². The zero-order valence-electron chi connectivity index (χ0n) is 17.9. The van der Waals surface area contributed by atoms with Crippen molar-refractivity contribution in [3.05, 3.63) is 59.0 Å². The molecule has 0 bridgehead atoms. The van der Waals surface area contributed by atoms with E-state index < -0.39 is 0 Å². The molecular weight excluding hydrogens is 446 g/mol. The van der Waals surface area contributed by atoms with E-state index in [4.69, 9.17) is 30.8 Å². The summed E-state index contributed by atoms with van der Waals surface area (Å²) in [5.41, 5.74) is 1.74. The maximum absolute atomic E-state index is 12.9. The van der Waals surface area contributed by atoms with Crippen molar-refractivity contribution >= 4 is 39.3 Å². The van der Waals surface area contributed by atoms with Crippen molar-refractivity contribution in [1.82, 2.24) is 4.90 Å². The third-order valence-corrected chi connectivity index (χ3v) is 6.81. The molecule has 32 heavy (non-hydrogen) atoms. The van der Waals surface area contributed by atoms with Crippen LogP contribution in [0.15, 0.2) is 57.9 Å². The molecule has 2 aromatic carbocycles. The Bertz CT molecular complexity index is 1120. The molecule has 0 aliphatic carbocycles. The topological polar surface area (TPSA) is 61.1 Å². The molecular formula is C24H25NO5S2. The molecule has 1 aromatic heterocycles. The lowest BCUT2D eigenvalue weighted by atomic mass is 10.1. The first-order valence-electron chi connectivity index (χ1n) is 10.5. The Kier molecular flexibility index (Phi) is 7.68. The second-order valence-electron chi connectivity index (χ2n) is 7.28. The van der Waals surface area contributed by atoms with Crippen LogP contribution in [0.2, 0.25) is 0 Å². The average Bonchev–Trinajstić information content (AvgIpc) is 2.84. The van der Waals surface area contributed by atoms with Crippen molar-refractivity contribution in [2.24, 2.45) is 0 Å². The Morgan fingerprint density at radius 3 is 2.62 bits per heavy atom. The van der Waals surface area contributed by atoms with Gasteiger partial charge in [-0.15, -0.1) is 0 Å². The molecule has 2 heterocycles. The second-order valence-corrected chi connectivity index (χ2v) is 9.01. The number of methoxy groups -OCH3 is 1. The van der Waals surface area contributed by atoms with Gasteiger partial charge in [0, 0.05) is 24.9 Å². The maximum Gasteiger partial charge on any atom is 0.200 e. The van der Waals surface area contributed by atoms with E-state index in [0.29, 0.717) is 28.9 Å². The normalized spacial score (nSPS) is 13.8. The lowest BCUT2D eigenvalue weighted by molar-refractivity contribution is 0.0702. The first-order chi connectivity index (χ1) is 15.7. The molecule has 0 atom stereocenters. The summed E-state index contributed by atoms with van der Waals surface area (Å²) in [6.45, 7) is 3.78. The Hall–Kier alpha value is -2.55. The summed E-state index contributed by atoms with van der Waals surface area (Å²) in [6, 6.07) is 12.7. The number of morpholine rings is 1. The van der Waals surface area contributed by atoms with Crippen molar-refractivity contribution in [2.75, 3.05) is 45.8 Å². The molecule has 1 aliphatic heterocycles. The minimum absolute atomic E-state index is 0.0732. The van der Waals surface area contributed by atoms with E-state index in [-0.39, 0.29) is 5.43 Å². The minimum Gasteiger partial charge on any atom is -0.497 e. The molecule has 0 unspecified atom stereocenters. The fraction of sp³-hybridized carbons (Fsp3) is 0.333. The number of thioether (sulfide) groups is 1. The molecule has 3 aromatic rings. The summed E-state index contributed by atoms with van der Waals surface area (Å²) < 4.78 is 23.1. The summed E-state index contributed by atoms with van der Waals surface area (Å²) >= 11 is 7.16. The van der Waals surface area contributed by atoms with Gasteiger partial charge < -0.3 is 23.5 Å². The van der Waals surface area contributed by atoms with Crippen LogP contribution >= 0.6 is 24.0 Å². The number of thiocarbonyl (C=S) groups is 1. The van der Waals surface area contributed by atoms with Crippen molar-refractivity contribution in [3.8, 4) is 22.6 Å². The molecule has 4 rings (SSSR count). The van der Waals surface area contributed by atoms with Crippen LogP contribution in [0.4, 0.5) is 0 Å². The Labute approximate surface area is 196 Å². The number of nitrogens with zero attached hydrogens (tertiary/aromatic N) is 1. The van der Waals surface area contributed by atoms with E-state index in [2.05, 4.69) is 4.90 Å². The molecule has 168 valence electrons. The van der Waals surface area contributed by atoms with Gasteiger partial charge in [-0.05, 0) is 36.2 Å². The van der Waals surface area contributed by atoms with Crippen LogP contribution in [-0.4, -0.2) is 55.0 Å². The molecule has 0 spiro atoms. The van der Waals surface area contributed by atoms with Crippen LogP contribution in [0.3, 0.4) is 0 Å². The van der Waals surface area contributed by atoms with Crippen LogP contribution in [0, 0.1) is 0 Å². The van der Waals surface area contributed by atoms with Crippen molar-refractivity contribution in [3.63, 3.8) is 0 Å². The van der Waals surface area contributed by atoms with Gasteiger partial charge in [0.05, 0.1) is 37.9 Å². The fourth-order valence-corrected chi connectivity index (χ4v) is 4.65. The van der Waals surface area contributed by atoms with Crippen LogP contribution in [0.5, 0.6) is 11.5 Å². The molecule has 1 saturated heterocycles. The molecule has 8 heteroatoms. The summed E-state index contributed by atoms with van der Waals surface area (Å²) in [5, 5.41) is 0.525. The maximum atomic E-state index is 12.9. The third kappa shape index (κ3) is 5.43. The lowest BCUT2D eigenvalue weighted by Crippen LogP contribution is -2.38. The van der Waals surface area contributed by atoms with E-state index >= 15 is 0 Å². The van der Waals surface area contributed by atoms with Crippen molar-refractivity contribution in [1.29, 1.82) is 0 Å². The molecule has 0 amide bonds. The SMILES string of the molecule is COc1ccc(-c2coc3cc(OCCCSC(=S)N4CCOCC4)ccc3c2=O)cc1. The van der Waals surface area contributed by atoms with Gasteiger partial charge in [0.15, 0.2) is 5.43 Å². The average molecular weight is 472 g/mol. The van der Waals surface area contributed by atoms with E-state index in [0.717, 1.165) is 54.1 Å². The predicted molar refractivity (Wildman–Crippen MR) is 132 cm³/mol. The number of fused-ring (bicyclic) bond motifs is 1. The quantitative estimate of drug-likeness (QED) is 0.366. The molecule has 0 saturated carbocycles. The van der Waals surface area contributed by atoms with Crippen LogP contribution in [0.25, 0.3) is 22.1 Å². The zero-order chi connectivity index (χ0) is 22.3. The summed E-state index contributed by atoms with van der Waals surface area (Å²) in [7, 11) is 1.61. The highest BCUT2D eigenvalue weighted by Gasteiger charge is 2.14. The number of hydrogen-bond donors (Lipinski definition) is 0. The summed E-state index contributed by atoms with van der Waals surface area (Å²) in [4.78, 5) is 15.1. The van der Waals surface area contributed by atoms with Gasteiger partial charge in [0.1, 0.15) is 27.7 Å². The molecule has 1 fully saturated rings. The van der Waals surface area contributed by atoms with Gasteiger partial charge in [-0.2, -0.15) is 0 Å². The second kappa shape index (κ2) is 10.8. The number of ether oxygens (including phenoxy) is 3. The standard InChI is InChI=1S/C24H25NO5S2/c1-27-18-5-3-17(4-6-18)21-16-30-22-15-19(7-8-20(22)23(21)26)29-11-2-14-32-24(31)25-9-12-28-13-10-25/h3-8,15-16H,2,9-14H2,1H3. The Morgan fingerprint density at radius 1 is 1.12 bits per heavy atom. The monoisotopic (exact) mass is 471 g/mol. The van der Waals surface area contributed by atoms with Gasteiger partial charge in [0.25, 0.3) is 0 Å². The number of benzene rings is 2.